The van der Waals surface area contributed by atoms with Gasteiger partial charge in [-0.3, -0.25) is 14.9 Å². The Kier molecular flexibility index (Phi) is 5.54. The van der Waals surface area contributed by atoms with E-state index in [2.05, 4.69) is 15.8 Å². The molecular weight excluding hydrogens is 344 g/mol. The quantitative estimate of drug-likeness (QED) is 0.393. The van der Waals surface area contributed by atoms with Gasteiger partial charge < -0.3 is 5.32 Å². The third-order valence-corrected chi connectivity index (χ3v) is 3.69. The van der Waals surface area contributed by atoms with Gasteiger partial charge in [-0.15, -0.1) is 0 Å². The van der Waals surface area contributed by atoms with Crippen LogP contribution in [0, 0.1) is 10.1 Å². The molecule has 7 nitrogen and oxygen atoms in total. The predicted molar refractivity (Wildman–Crippen MR) is 104 cm³/mol. The summed E-state index contributed by atoms with van der Waals surface area (Å²) in [5, 5.41) is 17.8. The molecule has 3 rings (SSSR count). The lowest BCUT2D eigenvalue weighted by Gasteiger charge is -2.06. The van der Waals surface area contributed by atoms with Crippen LogP contribution in [0.5, 0.6) is 0 Å². The van der Waals surface area contributed by atoms with Gasteiger partial charge in [0.25, 0.3) is 11.6 Å². The molecule has 0 fully saturated rings. The van der Waals surface area contributed by atoms with Crippen molar-refractivity contribution in [3.63, 3.8) is 0 Å². The summed E-state index contributed by atoms with van der Waals surface area (Å²) in [6.45, 7) is 0. The molecule has 0 saturated carbocycles. The number of hydrazone groups is 1. The van der Waals surface area contributed by atoms with Gasteiger partial charge in [-0.05, 0) is 42.0 Å². The fourth-order valence-corrected chi connectivity index (χ4v) is 2.31. The van der Waals surface area contributed by atoms with Crippen LogP contribution in [0.3, 0.4) is 0 Å². The van der Waals surface area contributed by atoms with E-state index in [1.807, 2.05) is 54.6 Å². The first-order valence-electron chi connectivity index (χ1n) is 8.12. The first kappa shape index (κ1) is 17.8. The first-order valence-corrected chi connectivity index (χ1v) is 8.12. The second-order valence-corrected chi connectivity index (χ2v) is 5.62. The number of benzene rings is 3. The van der Waals surface area contributed by atoms with Crippen LogP contribution >= 0.6 is 0 Å². The Labute approximate surface area is 155 Å². The highest BCUT2D eigenvalue weighted by atomic mass is 16.6. The van der Waals surface area contributed by atoms with Crippen molar-refractivity contribution in [1.29, 1.82) is 0 Å². The van der Waals surface area contributed by atoms with Crippen molar-refractivity contribution < 1.29 is 9.72 Å². The molecule has 0 radical (unpaired) electrons. The lowest BCUT2D eigenvalue weighted by atomic mass is 10.2. The Balaban J connectivity index is 1.56. The van der Waals surface area contributed by atoms with E-state index in [1.165, 1.54) is 30.5 Å². The van der Waals surface area contributed by atoms with Crippen molar-refractivity contribution in [3.05, 3.63) is 100 Å². The maximum Gasteiger partial charge on any atom is 0.271 e. The number of rotatable bonds is 6. The summed E-state index contributed by atoms with van der Waals surface area (Å²) < 4.78 is 0. The molecule has 27 heavy (non-hydrogen) atoms. The van der Waals surface area contributed by atoms with E-state index in [0.717, 1.165) is 16.9 Å². The molecule has 0 aliphatic carbocycles. The van der Waals surface area contributed by atoms with E-state index >= 15 is 0 Å². The van der Waals surface area contributed by atoms with Gasteiger partial charge in [0, 0.05) is 29.1 Å². The molecule has 0 unspecified atom stereocenters. The molecule has 1 amide bonds. The van der Waals surface area contributed by atoms with Crippen molar-refractivity contribution in [2.24, 2.45) is 5.10 Å². The van der Waals surface area contributed by atoms with Gasteiger partial charge in [-0.1, -0.05) is 30.3 Å². The van der Waals surface area contributed by atoms with Gasteiger partial charge >= 0.3 is 0 Å². The Hall–Kier alpha value is -4.00. The van der Waals surface area contributed by atoms with E-state index in [0.29, 0.717) is 5.56 Å². The van der Waals surface area contributed by atoms with Crippen molar-refractivity contribution in [2.75, 3.05) is 5.32 Å². The number of nitro benzene ring substituents is 1. The van der Waals surface area contributed by atoms with Gasteiger partial charge in [-0.2, -0.15) is 5.10 Å². The summed E-state index contributed by atoms with van der Waals surface area (Å²) in [6, 6.07) is 22.7. The molecule has 0 atom stereocenters. The number of non-ortho nitro benzene ring substituents is 1. The molecule has 0 heterocycles. The largest absolute Gasteiger partial charge is 0.356 e. The summed E-state index contributed by atoms with van der Waals surface area (Å²) in [5.41, 5.74) is 5.37. The number of carbonyl (C=O) groups excluding carboxylic acids is 1. The van der Waals surface area contributed by atoms with Gasteiger partial charge in [0.2, 0.25) is 0 Å². The van der Waals surface area contributed by atoms with Crippen molar-refractivity contribution >= 4 is 29.2 Å². The van der Waals surface area contributed by atoms with Crippen LogP contribution in [-0.2, 0) is 0 Å². The maximum absolute atomic E-state index is 12.0. The molecule has 3 aromatic carbocycles. The molecule has 0 aromatic heterocycles. The monoisotopic (exact) mass is 360 g/mol. The molecule has 0 aliphatic rings. The van der Waals surface area contributed by atoms with Crippen LogP contribution in [0.4, 0.5) is 17.1 Å². The van der Waals surface area contributed by atoms with E-state index < -0.39 is 10.8 Å². The van der Waals surface area contributed by atoms with Gasteiger partial charge in [0.15, 0.2) is 0 Å². The summed E-state index contributed by atoms with van der Waals surface area (Å²) in [7, 11) is 0. The number of amides is 1. The lowest BCUT2D eigenvalue weighted by Crippen LogP contribution is -2.17. The summed E-state index contributed by atoms with van der Waals surface area (Å²) in [6.07, 6.45) is 1.52. The molecule has 0 spiro atoms. The average Bonchev–Trinajstić information content (AvgIpc) is 2.70. The number of nitrogens with zero attached hydrogens (tertiary/aromatic N) is 2. The van der Waals surface area contributed by atoms with E-state index in [-0.39, 0.29) is 5.69 Å². The molecule has 3 aromatic rings. The number of hydrogen-bond donors (Lipinski definition) is 2. The first-order chi connectivity index (χ1) is 13.1. The van der Waals surface area contributed by atoms with Crippen LogP contribution in [0.25, 0.3) is 0 Å². The number of para-hydroxylation sites is 1. The number of anilines is 2. The molecule has 7 heteroatoms. The van der Waals surface area contributed by atoms with Gasteiger partial charge in [0.05, 0.1) is 11.1 Å². The smallest absolute Gasteiger partial charge is 0.271 e. The standard InChI is InChI=1S/C20H16N4O3/c25-20(16-8-12-19(13-9-16)24(26)27)23-21-14-15-6-10-18(11-7-15)22-17-4-2-1-3-5-17/h1-14,22H,(H,23,25)/b21-14-. The van der Waals surface area contributed by atoms with Crippen molar-refractivity contribution in [3.8, 4) is 0 Å². The van der Waals surface area contributed by atoms with Crippen molar-refractivity contribution in [1.82, 2.24) is 5.43 Å². The average molecular weight is 360 g/mol. The third kappa shape index (κ3) is 4.99. The van der Waals surface area contributed by atoms with Crippen LogP contribution in [-0.4, -0.2) is 17.0 Å². The lowest BCUT2D eigenvalue weighted by molar-refractivity contribution is -0.384. The number of hydrogen-bond acceptors (Lipinski definition) is 5. The number of carbonyl (C=O) groups is 1. The Morgan fingerprint density at radius 1 is 0.889 bits per heavy atom. The second kappa shape index (κ2) is 8.39. The van der Waals surface area contributed by atoms with Crippen LogP contribution in [0.15, 0.2) is 84.0 Å². The topological polar surface area (TPSA) is 96.6 Å². The SMILES string of the molecule is O=C(N/N=C\c1ccc(Nc2ccccc2)cc1)c1ccc([N+](=O)[O-])cc1. The highest BCUT2D eigenvalue weighted by Gasteiger charge is 2.08. The summed E-state index contributed by atoms with van der Waals surface area (Å²) >= 11 is 0. The zero-order chi connectivity index (χ0) is 19.1. The Morgan fingerprint density at radius 2 is 1.52 bits per heavy atom. The zero-order valence-electron chi connectivity index (χ0n) is 14.2. The molecule has 2 N–H and O–H groups in total. The summed E-state index contributed by atoms with van der Waals surface area (Å²) in [5.74, 6) is -0.441. The minimum absolute atomic E-state index is 0.0701. The van der Waals surface area contributed by atoms with E-state index in [4.69, 9.17) is 0 Å². The predicted octanol–water partition coefficient (Wildman–Crippen LogP) is 4.10. The maximum atomic E-state index is 12.0. The van der Waals surface area contributed by atoms with Crippen LogP contribution in [0.2, 0.25) is 0 Å². The van der Waals surface area contributed by atoms with Crippen molar-refractivity contribution in [2.45, 2.75) is 0 Å². The Bertz CT molecular complexity index is 953. The van der Waals surface area contributed by atoms with Crippen LogP contribution in [0.1, 0.15) is 15.9 Å². The number of nitro groups is 1. The minimum atomic E-state index is -0.518. The van der Waals surface area contributed by atoms with E-state index in [1.54, 1.807) is 0 Å². The summed E-state index contributed by atoms with van der Waals surface area (Å²) in [4.78, 5) is 22.1. The number of nitrogens with one attached hydrogen (secondary N) is 2. The van der Waals surface area contributed by atoms with Gasteiger partial charge in [0.1, 0.15) is 0 Å². The fourth-order valence-electron chi connectivity index (χ4n) is 2.31. The normalized spacial score (nSPS) is 10.5. The molecular formula is C20H16N4O3. The van der Waals surface area contributed by atoms with Crippen LogP contribution < -0.4 is 10.7 Å². The molecule has 134 valence electrons. The highest BCUT2D eigenvalue weighted by molar-refractivity contribution is 5.95. The molecule has 0 bridgehead atoms. The zero-order valence-corrected chi connectivity index (χ0v) is 14.2. The highest BCUT2D eigenvalue weighted by Crippen LogP contribution is 2.16. The Morgan fingerprint density at radius 3 is 2.15 bits per heavy atom. The third-order valence-electron chi connectivity index (χ3n) is 3.69. The second-order valence-electron chi connectivity index (χ2n) is 5.62. The molecule has 0 saturated heterocycles. The minimum Gasteiger partial charge on any atom is -0.356 e. The van der Waals surface area contributed by atoms with Gasteiger partial charge in [-0.25, -0.2) is 5.43 Å². The molecule has 0 aliphatic heterocycles. The van der Waals surface area contributed by atoms with E-state index in [9.17, 15) is 14.9 Å². The fraction of sp³-hybridized carbons (Fsp3) is 0.